The van der Waals surface area contributed by atoms with Gasteiger partial charge in [-0.1, -0.05) is 12.1 Å². The Labute approximate surface area is 163 Å². The number of hydrogen-bond donors (Lipinski definition) is 1. The van der Waals surface area contributed by atoms with Crippen LogP contribution in [0.15, 0.2) is 34.7 Å². The van der Waals surface area contributed by atoms with E-state index in [9.17, 15) is 4.79 Å². The van der Waals surface area contributed by atoms with Crippen molar-refractivity contribution in [1.82, 2.24) is 25.3 Å². The van der Waals surface area contributed by atoms with Gasteiger partial charge in [0, 0.05) is 25.9 Å². The van der Waals surface area contributed by atoms with Gasteiger partial charge in [0.05, 0.1) is 12.3 Å². The Kier molecular flexibility index (Phi) is 6.41. The molecule has 0 spiro atoms. The highest BCUT2D eigenvalue weighted by atomic mass is 16.5. The topological polar surface area (TPSA) is 95.1 Å². The van der Waals surface area contributed by atoms with Crippen LogP contribution in [0, 0.1) is 6.92 Å². The van der Waals surface area contributed by atoms with E-state index in [1.54, 1.807) is 0 Å². The van der Waals surface area contributed by atoms with Gasteiger partial charge in [-0.2, -0.15) is 5.10 Å². The summed E-state index contributed by atoms with van der Waals surface area (Å²) in [6.07, 6.45) is 0.673. The van der Waals surface area contributed by atoms with Gasteiger partial charge in [-0.05, 0) is 44.5 Å². The highest BCUT2D eigenvalue weighted by Gasteiger charge is 2.15. The van der Waals surface area contributed by atoms with Crippen LogP contribution in [0.1, 0.15) is 37.4 Å². The largest absolute Gasteiger partial charge is 0.494 e. The average molecular weight is 383 g/mol. The van der Waals surface area contributed by atoms with Crippen LogP contribution in [0.2, 0.25) is 0 Å². The van der Waals surface area contributed by atoms with E-state index in [4.69, 9.17) is 9.15 Å². The highest BCUT2D eigenvalue weighted by molar-refractivity contribution is 5.76. The van der Waals surface area contributed by atoms with Gasteiger partial charge in [0.25, 0.3) is 5.89 Å². The lowest BCUT2D eigenvalue weighted by atomic mass is 10.2. The van der Waals surface area contributed by atoms with Crippen molar-refractivity contribution in [2.45, 2.75) is 46.7 Å². The Bertz CT molecular complexity index is 914. The number of hydrogen-bond acceptors (Lipinski definition) is 6. The molecule has 8 nitrogen and oxygen atoms in total. The second-order valence-corrected chi connectivity index (χ2v) is 6.34. The predicted octanol–water partition coefficient (Wildman–Crippen LogP) is 2.91. The van der Waals surface area contributed by atoms with Gasteiger partial charge in [0.2, 0.25) is 11.8 Å². The van der Waals surface area contributed by atoms with Crippen molar-refractivity contribution >= 4 is 5.91 Å². The van der Waals surface area contributed by atoms with E-state index in [0.717, 1.165) is 29.2 Å². The Hall–Kier alpha value is -3.16. The lowest BCUT2D eigenvalue weighted by molar-refractivity contribution is -0.121. The molecule has 0 aliphatic carbocycles. The third-order valence-electron chi connectivity index (χ3n) is 4.18. The monoisotopic (exact) mass is 383 g/mol. The van der Waals surface area contributed by atoms with Crippen LogP contribution < -0.4 is 10.1 Å². The number of nitrogens with zero attached hydrogens (tertiary/aromatic N) is 4. The van der Waals surface area contributed by atoms with E-state index in [2.05, 4.69) is 20.6 Å². The molecule has 0 aliphatic heterocycles. The van der Waals surface area contributed by atoms with Crippen molar-refractivity contribution in [3.05, 3.63) is 47.5 Å². The Morgan fingerprint density at radius 1 is 1.21 bits per heavy atom. The van der Waals surface area contributed by atoms with Crippen LogP contribution in [-0.4, -0.2) is 32.5 Å². The smallest absolute Gasteiger partial charge is 0.265 e. The molecule has 1 aromatic carbocycles. The zero-order valence-corrected chi connectivity index (χ0v) is 16.4. The van der Waals surface area contributed by atoms with Crippen molar-refractivity contribution in [1.29, 1.82) is 0 Å². The summed E-state index contributed by atoms with van der Waals surface area (Å²) in [5.74, 6) is 1.62. The lowest BCUT2D eigenvalue weighted by Crippen LogP contribution is -2.23. The maximum atomic E-state index is 12.1. The SMILES string of the molecule is CCOc1ccc(CNC(=O)CCc2nnc(-c3cc(C)nn3CC)o2)cc1. The number of nitrogens with one attached hydrogen (secondary N) is 1. The molecule has 8 heteroatoms. The molecule has 0 saturated carbocycles. The Morgan fingerprint density at radius 3 is 2.71 bits per heavy atom. The number of amides is 1. The molecule has 0 fully saturated rings. The molecule has 28 heavy (non-hydrogen) atoms. The Balaban J connectivity index is 1.49. The summed E-state index contributed by atoms with van der Waals surface area (Å²) in [6, 6.07) is 9.58. The quantitative estimate of drug-likeness (QED) is 0.610. The molecule has 0 atom stereocenters. The summed E-state index contributed by atoms with van der Waals surface area (Å²) in [5, 5.41) is 15.4. The summed E-state index contributed by atoms with van der Waals surface area (Å²) in [7, 11) is 0. The standard InChI is InChI=1S/C20H25N5O3/c1-4-25-17(12-14(3)24-25)20-23-22-19(28-20)11-10-18(26)21-13-15-6-8-16(9-7-15)27-5-2/h6-9,12H,4-5,10-11,13H2,1-3H3,(H,21,26). The van der Waals surface area contributed by atoms with Crippen LogP contribution in [0.25, 0.3) is 11.6 Å². The molecule has 1 amide bonds. The van der Waals surface area contributed by atoms with Gasteiger partial charge < -0.3 is 14.5 Å². The van der Waals surface area contributed by atoms with Gasteiger partial charge >= 0.3 is 0 Å². The van der Waals surface area contributed by atoms with E-state index < -0.39 is 0 Å². The van der Waals surface area contributed by atoms with Crippen molar-refractivity contribution in [2.75, 3.05) is 6.61 Å². The van der Waals surface area contributed by atoms with E-state index in [1.165, 1.54) is 0 Å². The maximum absolute atomic E-state index is 12.1. The summed E-state index contributed by atoms with van der Waals surface area (Å²) in [4.78, 5) is 12.1. The minimum Gasteiger partial charge on any atom is -0.494 e. The summed E-state index contributed by atoms with van der Waals surface area (Å²) in [5.41, 5.74) is 2.70. The first-order valence-corrected chi connectivity index (χ1v) is 9.44. The molecular formula is C20H25N5O3. The summed E-state index contributed by atoms with van der Waals surface area (Å²) < 4.78 is 12.9. The number of aryl methyl sites for hydroxylation is 3. The summed E-state index contributed by atoms with van der Waals surface area (Å²) in [6.45, 7) is 7.68. The minimum absolute atomic E-state index is 0.0666. The number of carbonyl (C=O) groups is 1. The van der Waals surface area contributed by atoms with Crippen molar-refractivity contribution < 1.29 is 13.9 Å². The predicted molar refractivity (Wildman–Crippen MR) is 104 cm³/mol. The van der Waals surface area contributed by atoms with Crippen LogP contribution in [0.4, 0.5) is 0 Å². The Morgan fingerprint density at radius 2 is 2.00 bits per heavy atom. The fourth-order valence-electron chi connectivity index (χ4n) is 2.80. The number of benzene rings is 1. The fourth-order valence-corrected chi connectivity index (χ4v) is 2.80. The molecule has 1 N–H and O–H groups in total. The van der Waals surface area contributed by atoms with Gasteiger partial charge in [-0.25, -0.2) is 0 Å². The molecule has 0 unspecified atom stereocenters. The van der Waals surface area contributed by atoms with E-state index in [1.807, 2.05) is 55.8 Å². The zero-order valence-electron chi connectivity index (χ0n) is 16.4. The second kappa shape index (κ2) is 9.16. The first kappa shape index (κ1) is 19.6. The van der Waals surface area contributed by atoms with Crippen LogP contribution in [-0.2, 0) is 24.3 Å². The summed E-state index contributed by atoms with van der Waals surface area (Å²) >= 11 is 0. The molecule has 148 valence electrons. The molecule has 0 saturated heterocycles. The average Bonchev–Trinajstić information content (AvgIpc) is 3.32. The lowest BCUT2D eigenvalue weighted by Gasteiger charge is -2.06. The molecule has 0 bridgehead atoms. The molecule has 2 heterocycles. The first-order valence-electron chi connectivity index (χ1n) is 9.44. The maximum Gasteiger partial charge on any atom is 0.265 e. The van der Waals surface area contributed by atoms with Crippen LogP contribution in [0.5, 0.6) is 5.75 Å². The van der Waals surface area contributed by atoms with E-state index in [0.29, 0.717) is 31.4 Å². The molecule has 0 radical (unpaired) electrons. The van der Waals surface area contributed by atoms with Crippen molar-refractivity contribution in [2.24, 2.45) is 0 Å². The minimum atomic E-state index is -0.0666. The van der Waals surface area contributed by atoms with Crippen LogP contribution in [0.3, 0.4) is 0 Å². The van der Waals surface area contributed by atoms with Crippen LogP contribution >= 0.6 is 0 Å². The molecule has 2 aromatic heterocycles. The number of aromatic nitrogens is 4. The number of rotatable bonds is 9. The molecule has 0 aliphatic rings. The third kappa shape index (κ3) is 4.97. The first-order chi connectivity index (χ1) is 13.6. The van der Waals surface area contributed by atoms with Gasteiger partial charge in [-0.15, -0.1) is 10.2 Å². The molecule has 3 rings (SSSR count). The molecular weight excluding hydrogens is 358 g/mol. The number of carbonyl (C=O) groups excluding carboxylic acids is 1. The van der Waals surface area contributed by atoms with Crippen molar-refractivity contribution in [3.8, 4) is 17.3 Å². The van der Waals surface area contributed by atoms with Crippen molar-refractivity contribution in [3.63, 3.8) is 0 Å². The number of ether oxygens (including phenoxy) is 1. The normalized spacial score (nSPS) is 10.8. The fraction of sp³-hybridized carbons (Fsp3) is 0.400. The van der Waals surface area contributed by atoms with E-state index >= 15 is 0 Å². The third-order valence-corrected chi connectivity index (χ3v) is 4.18. The van der Waals surface area contributed by atoms with Gasteiger partial charge in [-0.3, -0.25) is 9.48 Å². The van der Waals surface area contributed by atoms with Gasteiger partial charge in [0.15, 0.2) is 0 Å². The van der Waals surface area contributed by atoms with Gasteiger partial charge in [0.1, 0.15) is 11.4 Å². The zero-order chi connectivity index (χ0) is 19.9. The van der Waals surface area contributed by atoms with E-state index in [-0.39, 0.29) is 12.3 Å². The highest BCUT2D eigenvalue weighted by Crippen LogP contribution is 2.19. The second-order valence-electron chi connectivity index (χ2n) is 6.34. The molecule has 3 aromatic rings.